The minimum absolute atomic E-state index is 0.0758. The first-order valence-electron chi connectivity index (χ1n) is 13.2. The molecule has 1 aliphatic rings. The van der Waals surface area contributed by atoms with E-state index in [1.807, 2.05) is 61.0 Å². The third kappa shape index (κ3) is 5.09. The smallest absolute Gasteiger partial charge is 0.249 e. The molecule has 4 heterocycles. The average molecular weight is 552 g/mol. The lowest BCUT2D eigenvalue weighted by Crippen LogP contribution is -2.48. The number of anilines is 1. The lowest BCUT2D eigenvalue weighted by Gasteiger charge is -2.35. The number of methoxy groups -OCH3 is 1. The van der Waals surface area contributed by atoms with Gasteiger partial charge in [0.05, 0.1) is 30.0 Å². The van der Waals surface area contributed by atoms with Gasteiger partial charge in [-0.1, -0.05) is 6.58 Å². The highest BCUT2D eigenvalue weighted by Gasteiger charge is 2.24. The quantitative estimate of drug-likeness (QED) is 0.267. The number of piperazine rings is 1. The molecule has 11 heteroatoms. The van der Waals surface area contributed by atoms with E-state index in [4.69, 9.17) is 19.2 Å². The summed E-state index contributed by atoms with van der Waals surface area (Å²) in [4.78, 5) is 33.9. The van der Waals surface area contributed by atoms with Crippen molar-refractivity contribution in [2.75, 3.05) is 38.2 Å². The molecule has 0 N–H and O–H groups in total. The third-order valence-corrected chi connectivity index (χ3v) is 7.09. The molecule has 1 fully saturated rings. The van der Waals surface area contributed by atoms with Crippen molar-refractivity contribution in [3.05, 3.63) is 73.3 Å². The number of rotatable bonds is 7. The van der Waals surface area contributed by atoms with Crippen LogP contribution in [0.2, 0.25) is 0 Å². The van der Waals surface area contributed by atoms with Crippen LogP contribution < -0.4 is 19.1 Å². The Morgan fingerprint density at radius 3 is 2.46 bits per heavy atom. The van der Waals surface area contributed by atoms with Crippen LogP contribution in [0.1, 0.15) is 5.56 Å². The van der Waals surface area contributed by atoms with Gasteiger partial charge in [0.25, 0.3) is 0 Å². The van der Waals surface area contributed by atoms with Crippen molar-refractivity contribution >= 4 is 33.8 Å². The van der Waals surface area contributed by atoms with Gasteiger partial charge in [0.15, 0.2) is 17.1 Å². The summed E-state index contributed by atoms with van der Waals surface area (Å²) in [5.41, 5.74) is 3.90. The number of hydrogen-bond donors (Lipinski definition) is 0. The van der Waals surface area contributed by atoms with E-state index >= 15 is 0 Å². The number of aryl methyl sites for hydroxylation is 2. The summed E-state index contributed by atoms with van der Waals surface area (Å²) < 4.78 is 20.0. The Labute approximate surface area is 236 Å². The predicted molar refractivity (Wildman–Crippen MR) is 155 cm³/mol. The van der Waals surface area contributed by atoms with Gasteiger partial charge < -0.3 is 28.6 Å². The van der Waals surface area contributed by atoms with Crippen LogP contribution in [-0.4, -0.2) is 68.6 Å². The molecule has 208 valence electrons. The number of aromatic nitrogens is 5. The van der Waals surface area contributed by atoms with Gasteiger partial charge in [-0.15, -0.1) is 0 Å². The normalized spacial score (nSPS) is 13.4. The fourth-order valence-corrected chi connectivity index (χ4v) is 4.87. The van der Waals surface area contributed by atoms with Crippen LogP contribution in [0.3, 0.4) is 0 Å². The van der Waals surface area contributed by atoms with Crippen molar-refractivity contribution in [1.82, 2.24) is 29.4 Å². The maximum atomic E-state index is 12.0. The van der Waals surface area contributed by atoms with Crippen LogP contribution in [0.25, 0.3) is 22.1 Å². The van der Waals surface area contributed by atoms with E-state index in [0.717, 1.165) is 16.6 Å². The minimum atomic E-state index is -0.0758. The first-order valence-corrected chi connectivity index (χ1v) is 13.2. The second-order valence-electron chi connectivity index (χ2n) is 9.71. The molecule has 0 aliphatic carbocycles. The molecule has 6 rings (SSSR count). The number of benzene rings is 2. The molecule has 2 aromatic carbocycles. The van der Waals surface area contributed by atoms with Crippen LogP contribution in [0, 0.1) is 6.92 Å². The van der Waals surface area contributed by atoms with E-state index in [2.05, 4.69) is 26.4 Å². The number of carbonyl (C=O) groups excluding carboxylic acids is 1. The van der Waals surface area contributed by atoms with E-state index in [0.29, 0.717) is 71.9 Å². The Kier molecular flexibility index (Phi) is 6.84. The van der Waals surface area contributed by atoms with Crippen LogP contribution in [0.5, 0.6) is 28.9 Å². The predicted octanol–water partition coefficient (Wildman–Crippen LogP) is 4.65. The van der Waals surface area contributed by atoms with E-state index in [9.17, 15) is 4.79 Å². The second kappa shape index (κ2) is 10.8. The van der Waals surface area contributed by atoms with Gasteiger partial charge in [0, 0.05) is 45.4 Å². The van der Waals surface area contributed by atoms with Gasteiger partial charge in [-0.25, -0.2) is 15.0 Å². The molecule has 1 aliphatic heterocycles. The highest BCUT2D eigenvalue weighted by atomic mass is 16.5. The summed E-state index contributed by atoms with van der Waals surface area (Å²) in [5.74, 6) is 3.49. The van der Waals surface area contributed by atoms with Crippen molar-refractivity contribution in [2.24, 2.45) is 7.05 Å². The zero-order valence-electron chi connectivity index (χ0n) is 23.1. The van der Waals surface area contributed by atoms with Gasteiger partial charge in [0.2, 0.25) is 11.8 Å². The van der Waals surface area contributed by atoms with Gasteiger partial charge in [-0.3, -0.25) is 4.79 Å². The SMILES string of the molecule is C=CC(=O)N1CCN(c2nc3c(Oc4ccc(Oc5ccc6c(c5)ncn6C)c(C)c4)ncnc3cc2OC)CC1. The molecule has 0 saturated carbocycles. The highest BCUT2D eigenvalue weighted by Crippen LogP contribution is 2.35. The fraction of sp³-hybridized carbons (Fsp3) is 0.233. The van der Waals surface area contributed by atoms with Gasteiger partial charge in [-0.2, -0.15) is 4.98 Å². The van der Waals surface area contributed by atoms with Gasteiger partial charge in [-0.05, 0) is 48.9 Å². The molecule has 0 unspecified atom stereocenters. The number of carbonyl (C=O) groups is 1. The number of imidazole rings is 1. The van der Waals surface area contributed by atoms with Crippen LogP contribution in [0.15, 0.2) is 67.8 Å². The average Bonchev–Trinajstić information content (AvgIpc) is 3.37. The van der Waals surface area contributed by atoms with Crippen LogP contribution in [0.4, 0.5) is 5.82 Å². The number of nitrogens with zero attached hydrogens (tertiary/aromatic N) is 7. The summed E-state index contributed by atoms with van der Waals surface area (Å²) in [6.45, 7) is 7.87. The molecular weight excluding hydrogens is 522 g/mol. The zero-order valence-corrected chi connectivity index (χ0v) is 23.1. The molecule has 1 amide bonds. The lowest BCUT2D eigenvalue weighted by molar-refractivity contribution is -0.126. The van der Waals surface area contributed by atoms with Crippen molar-refractivity contribution in [3.8, 4) is 28.9 Å². The second-order valence-corrected chi connectivity index (χ2v) is 9.71. The molecule has 0 atom stereocenters. The summed E-state index contributed by atoms with van der Waals surface area (Å²) >= 11 is 0. The molecule has 41 heavy (non-hydrogen) atoms. The lowest BCUT2D eigenvalue weighted by atomic mass is 10.2. The number of pyridine rings is 1. The van der Waals surface area contributed by atoms with Crippen molar-refractivity contribution < 1.29 is 19.0 Å². The topological polar surface area (TPSA) is 108 Å². The third-order valence-electron chi connectivity index (χ3n) is 7.09. The summed E-state index contributed by atoms with van der Waals surface area (Å²) in [6, 6.07) is 13.2. The number of fused-ring (bicyclic) bond motifs is 2. The Balaban J connectivity index is 1.24. The molecule has 5 aromatic rings. The maximum absolute atomic E-state index is 12.0. The highest BCUT2D eigenvalue weighted by molar-refractivity contribution is 5.87. The largest absolute Gasteiger partial charge is 0.493 e. The van der Waals surface area contributed by atoms with Crippen molar-refractivity contribution in [2.45, 2.75) is 6.92 Å². The minimum Gasteiger partial charge on any atom is -0.493 e. The molecule has 11 nitrogen and oxygen atoms in total. The van der Waals surface area contributed by atoms with Crippen LogP contribution in [-0.2, 0) is 11.8 Å². The Bertz CT molecular complexity index is 1780. The monoisotopic (exact) mass is 551 g/mol. The van der Waals surface area contributed by atoms with Gasteiger partial charge in [0.1, 0.15) is 23.6 Å². The molecular formula is C30H29N7O4. The van der Waals surface area contributed by atoms with Crippen LogP contribution >= 0.6 is 0 Å². The Morgan fingerprint density at radius 2 is 1.71 bits per heavy atom. The van der Waals surface area contributed by atoms with E-state index in [1.165, 1.54) is 12.4 Å². The summed E-state index contributed by atoms with van der Waals surface area (Å²) in [6.07, 6.45) is 4.56. The Hall–Kier alpha value is -5.19. The van der Waals surface area contributed by atoms with Crippen molar-refractivity contribution in [3.63, 3.8) is 0 Å². The molecule has 3 aromatic heterocycles. The van der Waals surface area contributed by atoms with E-state index in [1.54, 1.807) is 18.3 Å². The fourth-order valence-electron chi connectivity index (χ4n) is 4.87. The van der Waals surface area contributed by atoms with Crippen molar-refractivity contribution in [1.29, 1.82) is 0 Å². The van der Waals surface area contributed by atoms with Gasteiger partial charge >= 0.3 is 0 Å². The zero-order chi connectivity index (χ0) is 28.5. The van der Waals surface area contributed by atoms with E-state index < -0.39 is 0 Å². The molecule has 0 bridgehead atoms. The maximum Gasteiger partial charge on any atom is 0.249 e. The summed E-state index contributed by atoms with van der Waals surface area (Å²) in [7, 11) is 3.56. The number of ether oxygens (including phenoxy) is 3. The first kappa shape index (κ1) is 26.1. The Morgan fingerprint density at radius 1 is 0.927 bits per heavy atom. The molecule has 0 radical (unpaired) electrons. The standard InChI is InChI=1S/C30H29N7O4/c1-5-27(38)36-10-12-37(13-11-36)29-26(39-4)16-23-28(34-29)30(32-17-31-23)41-20-7-9-25(19(2)14-20)40-21-6-8-24-22(15-21)33-18-35(24)3/h5-9,14-18H,1,10-13H2,2-4H3. The number of amides is 1. The number of hydrogen-bond acceptors (Lipinski definition) is 9. The first-order chi connectivity index (χ1) is 19.9. The molecule has 0 spiro atoms. The molecule has 1 saturated heterocycles. The van der Waals surface area contributed by atoms with E-state index in [-0.39, 0.29) is 5.91 Å². The summed E-state index contributed by atoms with van der Waals surface area (Å²) in [5, 5.41) is 0.